The molecule has 2 aromatic rings. The van der Waals surface area contributed by atoms with Crippen LogP contribution < -0.4 is 10.6 Å². The lowest BCUT2D eigenvalue weighted by molar-refractivity contribution is -0.115. The Kier molecular flexibility index (Phi) is 3.78. The Bertz CT molecular complexity index is 575. The number of aromatic nitrogens is 2. The van der Waals surface area contributed by atoms with Crippen molar-refractivity contribution in [1.82, 2.24) is 15.3 Å². The van der Waals surface area contributed by atoms with Gasteiger partial charge >= 0.3 is 0 Å². The third kappa shape index (κ3) is 3.45. The zero-order valence-corrected chi connectivity index (χ0v) is 11.2. The first-order valence-electron chi connectivity index (χ1n) is 6.91. The number of anilines is 1. The molecule has 104 valence electrons. The summed E-state index contributed by atoms with van der Waals surface area (Å²) in [5, 5.41) is 6.07. The van der Waals surface area contributed by atoms with Gasteiger partial charge in [0.1, 0.15) is 5.82 Å². The summed E-state index contributed by atoms with van der Waals surface area (Å²) in [6.45, 7) is 1.31. The summed E-state index contributed by atoms with van der Waals surface area (Å²) in [5.41, 5.74) is 1.75. The van der Waals surface area contributed by atoms with Crippen molar-refractivity contribution in [2.75, 3.05) is 18.4 Å². The molecule has 0 aliphatic heterocycles. The van der Waals surface area contributed by atoms with Gasteiger partial charge in [0.2, 0.25) is 5.91 Å². The summed E-state index contributed by atoms with van der Waals surface area (Å²) < 4.78 is 0. The first-order chi connectivity index (χ1) is 9.81. The highest BCUT2D eigenvalue weighted by atomic mass is 16.1. The molecule has 1 aromatic heterocycles. The quantitative estimate of drug-likeness (QED) is 0.752. The van der Waals surface area contributed by atoms with Gasteiger partial charge in [-0.1, -0.05) is 12.1 Å². The van der Waals surface area contributed by atoms with Crippen LogP contribution in [0.15, 0.2) is 36.7 Å². The van der Waals surface area contributed by atoms with Crippen molar-refractivity contribution in [1.29, 1.82) is 0 Å². The highest BCUT2D eigenvalue weighted by Crippen LogP contribution is 2.27. The molecule has 0 spiro atoms. The lowest BCUT2D eigenvalue weighted by Crippen LogP contribution is -2.29. The third-order valence-electron chi connectivity index (χ3n) is 3.33. The molecule has 0 saturated heterocycles. The summed E-state index contributed by atoms with van der Waals surface area (Å²) in [4.78, 5) is 19.1. The molecule has 1 amide bonds. The monoisotopic (exact) mass is 270 g/mol. The van der Waals surface area contributed by atoms with E-state index in [9.17, 15) is 4.79 Å². The van der Waals surface area contributed by atoms with Gasteiger partial charge in [0.05, 0.1) is 6.54 Å². The van der Waals surface area contributed by atoms with Crippen molar-refractivity contribution in [2.45, 2.75) is 12.8 Å². The highest BCUT2D eigenvalue weighted by Gasteiger charge is 2.20. The van der Waals surface area contributed by atoms with Crippen molar-refractivity contribution in [3.05, 3.63) is 36.7 Å². The molecular weight excluding hydrogens is 252 g/mol. The van der Waals surface area contributed by atoms with E-state index < -0.39 is 0 Å². The van der Waals surface area contributed by atoms with Crippen LogP contribution in [0.1, 0.15) is 12.8 Å². The second-order valence-corrected chi connectivity index (χ2v) is 5.14. The number of hydrogen-bond donors (Lipinski definition) is 3. The van der Waals surface area contributed by atoms with Crippen LogP contribution in [0, 0.1) is 5.92 Å². The molecule has 1 fully saturated rings. The summed E-state index contributed by atoms with van der Waals surface area (Å²) in [6, 6.07) is 7.66. The lowest BCUT2D eigenvalue weighted by Gasteiger charge is -2.07. The molecule has 0 atom stereocenters. The summed E-state index contributed by atoms with van der Waals surface area (Å²) in [5.74, 6) is 1.57. The van der Waals surface area contributed by atoms with Crippen LogP contribution in [-0.2, 0) is 4.79 Å². The van der Waals surface area contributed by atoms with Gasteiger partial charge in [0.15, 0.2) is 0 Å². The fraction of sp³-hybridized carbons (Fsp3) is 0.333. The summed E-state index contributed by atoms with van der Waals surface area (Å²) in [7, 11) is 0. The van der Waals surface area contributed by atoms with Crippen LogP contribution in [0.25, 0.3) is 11.4 Å². The SMILES string of the molecule is O=C(CNCC1CC1)Nc1cccc(-c2ncc[nH]2)c1. The zero-order valence-electron chi connectivity index (χ0n) is 11.2. The predicted octanol–water partition coefficient (Wildman–Crippen LogP) is 2.01. The maximum atomic E-state index is 11.8. The van der Waals surface area contributed by atoms with E-state index in [-0.39, 0.29) is 5.91 Å². The van der Waals surface area contributed by atoms with Gasteiger partial charge in [0.25, 0.3) is 0 Å². The Labute approximate surface area is 117 Å². The Balaban J connectivity index is 1.56. The highest BCUT2D eigenvalue weighted by molar-refractivity contribution is 5.92. The number of nitrogens with zero attached hydrogens (tertiary/aromatic N) is 1. The Morgan fingerprint density at radius 1 is 1.40 bits per heavy atom. The first kappa shape index (κ1) is 12.9. The molecule has 1 aromatic carbocycles. The average molecular weight is 270 g/mol. The summed E-state index contributed by atoms with van der Waals surface area (Å²) in [6.07, 6.45) is 6.07. The topological polar surface area (TPSA) is 69.8 Å². The fourth-order valence-corrected chi connectivity index (χ4v) is 2.08. The van der Waals surface area contributed by atoms with Gasteiger partial charge in [-0.25, -0.2) is 4.98 Å². The molecule has 1 aliphatic carbocycles. The van der Waals surface area contributed by atoms with E-state index in [1.165, 1.54) is 12.8 Å². The van der Waals surface area contributed by atoms with Gasteiger partial charge in [-0.3, -0.25) is 4.79 Å². The van der Waals surface area contributed by atoms with Crippen LogP contribution in [0.3, 0.4) is 0 Å². The average Bonchev–Trinajstić information content (AvgIpc) is 3.10. The van der Waals surface area contributed by atoms with Crippen LogP contribution in [-0.4, -0.2) is 29.0 Å². The van der Waals surface area contributed by atoms with Crippen molar-refractivity contribution >= 4 is 11.6 Å². The number of H-pyrrole nitrogens is 1. The van der Waals surface area contributed by atoms with Crippen LogP contribution in [0.4, 0.5) is 5.69 Å². The van der Waals surface area contributed by atoms with E-state index in [0.29, 0.717) is 6.54 Å². The Hall–Kier alpha value is -2.14. The number of imidazole rings is 1. The van der Waals surface area contributed by atoms with Gasteiger partial charge in [0, 0.05) is 23.6 Å². The molecule has 5 nitrogen and oxygen atoms in total. The molecule has 20 heavy (non-hydrogen) atoms. The van der Waals surface area contributed by atoms with E-state index in [2.05, 4.69) is 20.6 Å². The number of rotatable bonds is 6. The van der Waals surface area contributed by atoms with E-state index >= 15 is 0 Å². The largest absolute Gasteiger partial charge is 0.345 e. The number of carbonyl (C=O) groups is 1. The molecular formula is C15H18N4O. The second kappa shape index (κ2) is 5.88. The molecule has 1 aliphatic rings. The Morgan fingerprint density at radius 3 is 3.05 bits per heavy atom. The fourth-order valence-electron chi connectivity index (χ4n) is 2.08. The number of hydrogen-bond acceptors (Lipinski definition) is 3. The van der Waals surface area contributed by atoms with Gasteiger partial charge in [-0.15, -0.1) is 0 Å². The van der Waals surface area contributed by atoms with Gasteiger partial charge in [-0.2, -0.15) is 0 Å². The zero-order chi connectivity index (χ0) is 13.8. The van der Waals surface area contributed by atoms with Crippen molar-refractivity contribution in [3.8, 4) is 11.4 Å². The van der Waals surface area contributed by atoms with Crippen molar-refractivity contribution in [2.24, 2.45) is 5.92 Å². The molecule has 3 rings (SSSR count). The van der Waals surface area contributed by atoms with E-state index in [0.717, 1.165) is 29.5 Å². The van der Waals surface area contributed by atoms with Crippen molar-refractivity contribution < 1.29 is 4.79 Å². The number of carbonyl (C=O) groups excluding carboxylic acids is 1. The molecule has 1 heterocycles. The number of benzene rings is 1. The minimum absolute atomic E-state index is 0.0118. The number of nitrogens with one attached hydrogen (secondary N) is 3. The van der Waals surface area contributed by atoms with Crippen LogP contribution in [0.5, 0.6) is 0 Å². The molecule has 0 radical (unpaired) electrons. The minimum Gasteiger partial charge on any atom is -0.345 e. The maximum absolute atomic E-state index is 11.8. The number of aromatic amines is 1. The van der Waals surface area contributed by atoms with E-state index in [1.54, 1.807) is 12.4 Å². The maximum Gasteiger partial charge on any atom is 0.238 e. The molecule has 1 saturated carbocycles. The predicted molar refractivity (Wildman–Crippen MR) is 78.2 cm³/mol. The van der Waals surface area contributed by atoms with Crippen LogP contribution >= 0.6 is 0 Å². The normalized spacial score (nSPS) is 14.2. The summed E-state index contributed by atoms with van der Waals surface area (Å²) >= 11 is 0. The standard InChI is InChI=1S/C15H18N4O/c20-14(10-16-9-11-4-5-11)19-13-3-1-2-12(8-13)15-17-6-7-18-15/h1-3,6-8,11,16H,4-5,9-10H2,(H,17,18)(H,19,20). The molecule has 0 unspecified atom stereocenters. The molecule has 3 N–H and O–H groups in total. The first-order valence-corrected chi connectivity index (χ1v) is 6.91. The Morgan fingerprint density at radius 2 is 2.30 bits per heavy atom. The second-order valence-electron chi connectivity index (χ2n) is 5.14. The van der Waals surface area contributed by atoms with Crippen molar-refractivity contribution in [3.63, 3.8) is 0 Å². The van der Waals surface area contributed by atoms with Gasteiger partial charge < -0.3 is 15.6 Å². The molecule has 5 heteroatoms. The smallest absolute Gasteiger partial charge is 0.238 e. The minimum atomic E-state index is -0.0118. The lowest BCUT2D eigenvalue weighted by atomic mass is 10.2. The van der Waals surface area contributed by atoms with Crippen LogP contribution in [0.2, 0.25) is 0 Å². The van der Waals surface area contributed by atoms with Gasteiger partial charge in [-0.05, 0) is 37.4 Å². The van der Waals surface area contributed by atoms with E-state index in [1.807, 2.05) is 24.3 Å². The molecule has 0 bridgehead atoms. The van der Waals surface area contributed by atoms with E-state index in [4.69, 9.17) is 0 Å². The third-order valence-corrected chi connectivity index (χ3v) is 3.33. The number of amides is 1.